The Labute approximate surface area is 129 Å². The molecule has 1 rings (SSSR count). The van der Waals surface area contributed by atoms with Crippen molar-refractivity contribution in [3.05, 3.63) is 0 Å². The van der Waals surface area contributed by atoms with Gasteiger partial charge < -0.3 is 16.5 Å². The highest BCUT2D eigenvalue weighted by Gasteiger charge is 2.54. The van der Waals surface area contributed by atoms with Crippen molar-refractivity contribution in [1.82, 2.24) is 0 Å². The maximum Gasteiger partial charge on any atom is 0.317 e. The maximum absolute atomic E-state index is 6.61. The first-order valence-corrected chi connectivity index (χ1v) is 18.2. The fourth-order valence-corrected chi connectivity index (χ4v) is 24.7. The summed E-state index contributed by atoms with van der Waals surface area (Å²) in [5.74, 6) is 0. The topological polar surface area (TPSA) is 36.9 Å². The third kappa shape index (κ3) is 4.87. The predicted octanol–water partition coefficient (Wildman–Crippen LogP) is 4.43. The zero-order valence-corrected chi connectivity index (χ0v) is 18.5. The Hall–Kier alpha value is 0.708. The van der Waals surface area contributed by atoms with Gasteiger partial charge in [-0.05, 0) is 50.9 Å². The van der Waals surface area contributed by atoms with E-state index in [-0.39, 0.29) is 0 Å². The third-order valence-electron chi connectivity index (χ3n) is 3.78. The SMILES string of the molecule is CCC[Si]1(C)O[Si](C)(CC)O[Si](C)(C)O[Si](C)(CC)O1. The smallest absolute Gasteiger partial charge is 0.317 e. The summed E-state index contributed by atoms with van der Waals surface area (Å²) in [5.41, 5.74) is 0. The van der Waals surface area contributed by atoms with Gasteiger partial charge in [-0.1, -0.05) is 27.2 Å². The van der Waals surface area contributed by atoms with Crippen molar-refractivity contribution >= 4 is 34.2 Å². The average Bonchev–Trinajstić information content (AvgIpc) is 2.25. The molecule has 0 amide bonds. The summed E-state index contributed by atoms with van der Waals surface area (Å²) in [7, 11) is -8.74. The van der Waals surface area contributed by atoms with Crippen LogP contribution in [0.5, 0.6) is 0 Å². The molecule has 0 aromatic carbocycles. The molecule has 0 saturated carbocycles. The van der Waals surface area contributed by atoms with Gasteiger partial charge in [0.25, 0.3) is 0 Å². The van der Waals surface area contributed by atoms with Crippen LogP contribution in [0.15, 0.2) is 0 Å². The minimum Gasteiger partial charge on any atom is -0.416 e. The van der Waals surface area contributed by atoms with Crippen LogP contribution in [0.2, 0.25) is 50.9 Å². The lowest BCUT2D eigenvalue weighted by Gasteiger charge is -2.49. The van der Waals surface area contributed by atoms with E-state index in [1.165, 1.54) is 0 Å². The highest BCUT2D eigenvalue weighted by Crippen LogP contribution is 2.35. The van der Waals surface area contributed by atoms with Crippen LogP contribution in [-0.4, -0.2) is 34.2 Å². The Morgan fingerprint density at radius 2 is 1.00 bits per heavy atom. The molecule has 1 saturated heterocycles. The molecule has 0 N–H and O–H groups in total. The molecule has 2 atom stereocenters. The van der Waals surface area contributed by atoms with Crippen molar-refractivity contribution in [2.45, 2.75) is 78.1 Å². The average molecular weight is 353 g/mol. The van der Waals surface area contributed by atoms with Gasteiger partial charge in [0.1, 0.15) is 0 Å². The van der Waals surface area contributed by atoms with E-state index in [1.807, 2.05) is 0 Å². The van der Waals surface area contributed by atoms with E-state index in [1.54, 1.807) is 0 Å². The van der Waals surface area contributed by atoms with Crippen LogP contribution in [-0.2, 0) is 16.5 Å². The van der Waals surface area contributed by atoms with Crippen molar-refractivity contribution < 1.29 is 16.5 Å². The molecule has 1 fully saturated rings. The van der Waals surface area contributed by atoms with Crippen LogP contribution in [0, 0.1) is 0 Å². The zero-order valence-electron chi connectivity index (χ0n) is 14.5. The molecule has 1 aliphatic rings. The lowest BCUT2D eigenvalue weighted by atomic mass is 10.6. The van der Waals surface area contributed by atoms with Gasteiger partial charge in [0.15, 0.2) is 0 Å². The number of hydrogen-bond acceptors (Lipinski definition) is 4. The first-order chi connectivity index (χ1) is 9.01. The van der Waals surface area contributed by atoms with Crippen LogP contribution in [0.4, 0.5) is 0 Å². The normalized spacial score (nSPS) is 42.0. The van der Waals surface area contributed by atoms with Crippen LogP contribution in [0.25, 0.3) is 0 Å². The van der Waals surface area contributed by atoms with E-state index in [4.69, 9.17) is 16.5 Å². The molecule has 0 aliphatic carbocycles. The molecular weight excluding hydrogens is 320 g/mol. The summed E-state index contributed by atoms with van der Waals surface area (Å²) in [5, 5.41) is 0. The second-order valence-electron chi connectivity index (χ2n) is 6.67. The predicted molar refractivity (Wildman–Crippen MR) is 92.7 cm³/mol. The monoisotopic (exact) mass is 352 g/mol. The molecule has 0 bridgehead atoms. The van der Waals surface area contributed by atoms with Crippen LogP contribution >= 0.6 is 0 Å². The van der Waals surface area contributed by atoms with Gasteiger partial charge >= 0.3 is 34.2 Å². The van der Waals surface area contributed by atoms with E-state index in [2.05, 4.69) is 53.5 Å². The minimum absolute atomic E-state index is 0.951. The summed E-state index contributed by atoms with van der Waals surface area (Å²) in [6.45, 7) is 17.3. The standard InChI is InChI=1S/C12H32O4Si4/c1-9-12-20(8)15-18(6,10-2)13-17(4,5)14-19(7,11-3)16-20/h9-12H2,1-8H3. The lowest BCUT2D eigenvalue weighted by Crippen LogP contribution is -2.66. The van der Waals surface area contributed by atoms with Gasteiger partial charge in [-0.25, -0.2) is 0 Å². The van der Waals surface area contributed by atoms with Crippen molar-refractivity contribution in [2.75, 3.05) is 0 Å². The summed E-state index contributed by atoms with van der Waals surface area (Å²) >= 11 is 0. The highest BCUT2D eigenvalue weighted by molar-refractivity contribution is 6.93. The molecular formula is C12H32O4Si4. The van der Waals surface area contributed by atoms with Crippen molar-refractivity contribution in [2.24, 2.45) is 0 Å². The summed E-state index contributed by atoms with van der Waals surface area (Å²) < 4.78 is 26.2. The molecule has 0 radical (unpaired) electrons. The van der Waals surface area contributed by atoms with Gasteiger partial charge in [0, 0.05) is 0 Å². The van der Waals surface area contributed by atoms with Gasteiger partial charge in [-0.15, -0.1) is 0 Å². The van der Waals surface area contributed by atoms with Crippen LogP contribution in [0.1, 0.15) is 27.2 Å². The second kappa shape index (κ2) is 6.45. The molecule has 0 aromatic rings. The number of hydrogen-bond donors (Lipinski definition) is 0. The molecule has 0 aromatic heterocycles. The molecule has 20 heavy (non-hydrogen) atoms. The van der Waals surface area contributed by atoms with Crippen LogP contribution < -0.4 is 0 Å². The first-order valence-electron chi connectivity index (χ1n) is 7.81. The Balaban J connectivity index is 3.13. The van der Waals surface area contributed by atoms with Gasteiger partial charge in [-0.2, -0.15) is 0 Å². The molecule has 120 valence electrons. The van der Waals surface area contributed by atoms with E-state index >= 15 is 0 Å². The minimum atomic E-state index is -2.20. The van der Waals surface area contributed by atoms with Gasteiger partial charge in [0.2, 0.25) is 0 Å². The van der Waals surface area contributed by atoms with E-state index in [0.717, 1.165) is 24.6 Å². The Morgan fingerprint density at radius 3 is 1.30 bits per heavy atom. The zero-order chi connectivity index (χ0) is 15.7. The fourth-order valence-electron chi connectivity index (χ4n) is 2.88. The van der Waals surface area contributed by atoms with Gasteiger partial charge in [0.05, 0.1) is 0 Å². The van der Waals surface area contributed by atoms with Gasteiger partial charge in [-0.3, -0.25) is 0 Å². The van der Waals surface area contributed by atoms with E-state index in [9.17, 15) is 0 Å². The van der Waals surface area contributed by atoms with Crippen molar-refractivity contribution in [1.29, 1.82) is 0 Å². The van der Waals surface area contributed by atoms with Crippen molar-refractivity contribution in [3.8, 4) is 0 Å². The van der Waals surface area contributed by atoms with E-state index < -0.39 is 34.2 Å². The van der Waals surface area contributed by atoms with E-state index in [0.29, 0.717) is 0 Å². The number of rotatable bonds is 4. The van der Waals surface area contributed by atoms with Crippen LogP contribution in [0.3, 0.4) is 0 Å². The second-order valence-corrected chi connectivity index (χ2v) is 21.4. The summed E-state index contributed by atoms with van der Waals surface area (Å²) in [6, 6.07) is 2.92. The molecule has 4 nitrogen and oxygen atoms in total. The van der Waals surface area contributed by atoms with Crippen molar-refractivity contribution in [3.63, 3.8) is 0 Å². The maximum atomic E-state index is 6.61. The Morgan fingerprint density at radius 1 is 0.600 bits per heavy atom. The highest BCUT2D eigenvalue weighted by atomic mass is 28.5. The third-order valence-corrected chi connectivity index (χ3v) is 22.0. The first kappa shape index (κ1) is 18.8. The lowest BCUT2D eigenvalue weighted by molar-refractivity contribution is 0.227. The largest absolute Gasteiger partial charge is 0.416 e. The quantitative estimate of drug-likeness (QED) is 0.701. The molecule has 1 heterocycles. The summed E-state index contributed by atoms with van der Waals surface area (Å²) in [4.78, 5) is 0. The Kier molecular flexibility index (Phi) is 6.05. The Bertz CT molecular complexity index is 317. The molecule has 8 heteroatoms. The molecule has 2 unspecified atom stereocenters. The summed E-state index contributed by atoms with van der Waals surface area (Å²) in [6.07, 6.45) is 1.09. The molecule has 1 aliphatic heterocycles. The molecule has 0 spiro atoms. The fraction of sp³-hybridized carbons (Fsp3) is 1.00.